The molecule has 0 saturated carbocycles. The van der Waals surface area contributed by atoms with E-state index in [0.717, 1.165) is 11.1 Å². The summed E-state index contributed by atoms with van der Waals surface area (Å²) in [6.45, 7) is 2.66. The number of hydrogen-bond donors (Lipinski definition) is 1. The summed E-state index contributed by atoms with van der Waals surface area (Å²) in [6, 6.07) is 9.37. The Bertz CT molecular complexity index is 834. The Morgan fingerprint density at radius 3 is 2.46 bits per heavy atom. The van der Waals surface area contributed by atoms with Crippen molar-refractivity contribution in [2.75, 3.05) is 13.1 Å². The summed E-state index contributed by atoms with van der Waals surface area (Å²) in [4.78, 5) is 14.0. The molecule has 1 fully saturated rings. The van der Waals surface area contributed by atoms with Gasteiger partial charge in [-0.2, -0.15) is 0 Å². The molecule has 0 bridgehead atoms. The van der Waals surface area contributed by atoms with Crippen molar-refractivity contribution in [3.63, 3.8) is 0 Å². The lowest BCUT2D eigenvalue weighted by molar-refractivity contribution is 0.0683. The Morgan fingerprint density at radius 2 is 1.88 bits per heavy atom. The molecule has 1 saturated heterocycles. The van der Waals surface area contributed by atoms with Crippen LogP contribution < -0.4 is 5.14 Å². The molecular weight excluding hydrogens is 330 g/mol. The van der Waals surface area contributed by atoms with Gasteiger partial charge in [-0.1, -0.05) is 35.0 Å². The molecule has 0 unspecified atom stereocenters. The highest BCUT2D eigenvalue weighted by molar-refractivity contribution is 7.89. The quantitative estimate of drug-likeness (QED) is 0.904. The number of aryl methyl sites for hydroxylation is 1. The average molecular weight is 349 g/mol. The maximum atomic E-state index is 12.5. The van der Waals surface area contributed by atoms with E-state index in [2.05, 4.69) is 5.16 Å². The number of carbonyl (C=O) groups excluding carboxylic acids is 1. The predicted molar refractivity (Wildman–Crippen MR) is 88.7 cm³/mol. The molecule has 1 aliphatic rings. The van der Waals surface area contributed by atoms with E-state index >= 15 is 0 Å². The smallest absolute Gasteiger partial charge is 0.292 e. The van der Waals surface area contributed by atoms with Gasteiger partial charge in [0.15, 0.2) is 0 Å². The van der Waals surface area contributed by atoms with E-state index in [0.29, 0.717) is 31.6 Å². The zero-order chi connectivity index (χ0) is 17.3. The van der Waals surface area contributed by atoms with E-state index in [9.17, 15) is 13.2 Å². The van der Waals surface area contributed by atoms with Crippen LogP contribution in [-0.4, -0.2) is 42.7 Å². The molecule has 128 valence electrons. The second-order valence-electron chi connectivity index (χ2n) is 6.02. The van der Waals surface area contributed by atoms with Crippen LogP contribution in [0.5, 0.6) is 0 Å². The van der Waals surface area contributed by atoms with Crippen molar-refractivity contribution in [2.24, 2.45) is 5.14 Å². The Hall–Kier alpha value is -2.19. The SMILES string of the molecule is Cc1ccc(-c2cc(C(=O)N3CCC(S(N)(=O)=O)CC3)on2)cc1. The fourth-order valence-electron chi connectivity index (χ4n) is 2.78. The number of rotatable bonds is 3. The van der Waals surface area contributed by atoms with E-state index in [1.807, 2.05) is 31.2 Å². The number of aromatic nitrogens is 1. The highest BCUT2D eigenvalue weighted by Gasteiger charge is 2.31. The predicted octanol–water partition coefficient (Wildman–Crippen LogP) is 1.54. The zero-order valence-corrected chi connectivity index (χ0v) is 14.1. The van der Waals surface area contributed by atoms with E-state index < -0.39 is 15.3 Å². The number of primary sulfonamides is 1. The molecule has 1 aliphatic heterocycles. The molecule has 7 nitrogen and oxygen atoms in total. The van der Waals surface area contributed by atoms with Gasteiger partial charge in [0, 0.05) is 24.7 Å². The third kappa shape index (κ3) is 3.49. The fraction of sp³-hybridized carbons (Fsp3) is 0.375. The van der Waals surface area contributed by atoms with Gasteiger partial charge in [-0.3, -0.25) is 4.79 Å². The molecule has 1 aromatic heterocycles. The number of nitrogens with two attached hydrogens (primary N) is 1. The first kappa shape index (κ1) is 16.7. The third-order valence-electron chi connectivity index (χ3n) is 4.26. The number of likely N-dealkylation sites (tertiary alicyclic amines) is 1. The molecule has 1 amide bonds. The number of nitrogens with zero attached hydrogens (tertiary/aromatic N) is 2. The molecular formula is C16H19N3O4S. The highest BCUT2D eigenvalue weighted by Crippen LogP contribution is 2.22. The summed E-state index contributed by atoms with van der Waals surface area (Å²) in [5.41, 5.74) is 2.60. The van der Waals surface area contributed by atoms with Gasteiger partial charge in [-0.05, 0) is 19.8 Å². The third-order valence-corrected chi connectivity index (χ3v) is 5.66. The van der Waals surface area contributed by atoms with Gasteiger partial charge >= 0.3 is 0 Å². The largest absolute Gasteiger partial charge is 0.350 e. The minimum Gasteiger partial charge on any atom is -0.350 e. The number of piperidine rings is 1. The summed E-state index contributed by atoms with van der Waals surface area (Å²) in [5.74, 6) is -0.131. The topological polar surface area (TPSA) is 106 Å². The number of sulfonamides is 1. The molecule has 1 aromatic carbocycles. The van der Waals surface area contributed by atoms with E-state index in [4.69, 9.17) is 9.66 Å². The van der Waals surface area contributed by atoms with Gasteiger partial charge < -0.3 is 9.42 Å². The average Bonchev–Trinajstić information content (AvgIpc) is 3.04. The van der Waals surface area contributed by atoms with E-state index in [1.165, 1.54) is 0 Å². The minimum absolute atomic E-state index is 0.152. The summed E-state index contributed by atoms with van der Waals surface area (Å²) >= 11 is 0. The van der Waals surface area contributed by atoms with Crippen LogP contribution in [0.25, 0.3) is 11.3 Å². The molecule has 8 heteroatoms. The summed E-state index contributed by atoms with van der Waals surface area (Å²) in [6.07, 6.45) is 0.674. The van der Waals surface area contributed by atoms with Crippen LogP contribution in [0.1, 0.15) is 29.0 Å². The molecule has 2 heterocycles. The second-order valence-corrected chi connectivity index (χ2v) is 7.87. The van der Waals surface area contributed by atoms with Gasteiger partial charge in [0.1, 0.15) is 5.69 Å². The first-order valence-corrected chi connectivity index (χ1v) is 9.30. The molecule has 0 atom stereocenters. The summed E-state index contributed by atoms with van der Waals surface area (Å²) < 4.78 is 27.9. The van der Waals surface area contributed by atoms with Crippen LogP contribution in [0.4, 0.5) is 0 Å². The minimum atomic E-state index is -3.55. The van der Waals surface area contributed by atoms with Crippen molar-refractivity contribution < 1.29 is 17.7 Å². The lowest BCUT2D eigenvalue weighted by Gasteiger charge is -2.29. The molecule has 0 radical (unpaired) electrons. The van der Waals surface area contributed by atoms with Crippen LogP contribution in [0.15, 0.2) is 34.9 Å². The Balaban J connectivity index is 1.70. The molecule has 2 aromatic rings. The van der Waals surface area contributed by atoms with E-state index in [-0.39, 0.29) is 11.7 Å². The van der Waals surface area contributed by atoms with Crippen molar-refractivity contribution in [2.45, 2.75) is 25.0 Å². The Labute approximate surface area is 140 Å². The van der Waals surface area contributed by atoms with Gasteiger partial charge in [-0.25, -0.2) is 13.6 Å². The second kappa shape index (κ2) is 6.37. The highest BCUT2D eigenvalue weighted by atomic mass is 32.2. The van der Waals surface area contributed by atoms with Gasteiger partial charge in [0.25, 0.3) is 5.91 Å². The fourth-order valence-corrected chi connectivity index (χ4v) is 3.65. The van der Waals surface area contributed by atoms with Crippen molar-refractivity contribution in [1.29, 1.82) is 0 Å². The van der Waals surface area contributed by atoms with Crippen molar-refractivity contribution in [3.8, 4) is 11.3 Å². The van der Waals surface area contributed by atoms with Crippen LogP contribution in [0.3, 0.4) is 0 Å². The number of hydrogen-bond acceptors (Lipinski definition) is 5. The van der Waals surface area contributed by atoms with Crippen LogP contribution in [-0.2, 0) is 10.0 Å². The first-order valence-electron chi connectivity index (χ1n) is 7.69. The standard InChI is InChI=1S/C16H19N3O4S/c1-11-2-4-12(5-3-11)14-10-15(23-18-14)16(20)19-8-6-13(7-9-19)24(17,21)22/h2-5,10,13H,6-9H2,1H3,(H2,17,21,22). The van der Waals surface area contributed by atoms with Crippen LogP contribution >= 0.6 is 0 Å². The molecule has 2 N–H and O–H groups in total. The van der Waals surface area contributed by atoms with Gasteiger partial charge in [0.05, 0.1) is 5.25 Å². The van der Waals surface area contributed by atoms with Gasteiger partial charge in [0.2, 0.25) is 15.8 Å². The maximum Gasteiger partial charge on any atom is 0.292 e. The van der Waals surface area contributed by atoms with Crippen LogP contribution in [0, 0.1) is 6.92 Å². The number of benzene rings is 1. The van der Waals surface area contributed by atoms with E-state index in [1.54, 1.807) is 11.0 Å². The van der Waals surface area contributed by atoms with Crippen molar-refractivity contribution in [3.05, 3.63) is 41.7 Å². The summed E-state index contributed by atoms with van der Waals surface area (Å²) in [5, 5.41) is 8.53. The first-order chi connectivity index (χ1) is 11.3. The maximum absolute atomic E-state index is 12.5. The summed E-state index contributed by atoms with van der Waals surface area (Å²) in [7, 11) is -3.55. The number of carbonyl (C=O) groups is 1. The lowest BCUT2D eigenvalue weighted by Crippen LogP contribution is -2.44. The lowest BCUT2D eigenvalue weighted by atomic mass is 10.1. The zero-order valence-electron chi connectivity index (χ0n) is 13.3. The molecule has 24 heavy (non-hydrogen) atoms. The van der Waals surface area contributed by atoms with Crippen molar-refractivity contribution >= 4 is 15.9 Å². The Kier molecular flexibility index (Phi) is 4.42. The molecule has 0 spiro atoms. The molecule has 3 rings (SSSR count). The monoisotopic (exact) mass is 349 g/mol. The molecule has 0 aliphatic carbocycles. The normalized spacial score (nSPS) is 16.3. The van der Waals surface area contributed by atoms with Crippen LogP contribution in [0.2, 0.25) is 0 Å². The Morgan fingerprint density at radius 1 is 1.25 bits per heavy atom. The van der Waals surface area contributed by atoms with Gasteiger partial charge in [-0.15, -0.1) is 0 Å². The van der Waals surface area contributed by atoms with Crippen molar-refractivity contribution in [1.82, 2.24) is 10.1 Å². The number of amides is 1.